The summed E-state index contributed by atoms with van der Waals surface area (Å²) in [5.74, 6) is 0.857. The minimum atomic E-state index is 0.0809. The molecule has 0 aliphatic heterocycles. The molecule has 1 heterocycles. The SMILES string of the molecule is CC/C=C/C(C)=C/Nc1ccc(-c2ccc(O)c(Cl)c2)cn1. The Balaban J connectivity index is 2.10. The molecule has 114 valence electrons. The third kappa shape index (κ3) is 4.37. The van der Waals surface area contributed by atoms with E-state index in [0.717, 1.165) is 28.9 Å². The maximum Gasteiger partial charge on any atom is 0.134 e. The van der Waals surface area contributed by atoms with Gasteiger partial charge in [0.1, 0.15) is 11.6 Å². The molecule has 0 amide bonds. The lowest BCUT2D eigenvalue weighted by molar-refractivity contribution is 0.475. The zero-order chi connectivity index (χ0) is 15.9. The van der Waals surface area contributed by atoms with Gasteiger partial charge >= 0.3 is 0 Å². The van der Waals surface area contributed by atoms with Crippen molar-refractivity contribution in [1.82, 2.24) is 4.98 Å². The van der Waals surface area contributed by atoms with Crippen molar-refractivity contribution in [2.24, 2.45) is 0 Å². The Labute approximate surface area is 136 Å². The number of benzene rings is 1. The normalized spacial score (nSPS) is 11.9. The summed E-state index contributed by atoms with van der Waals surface area (Å²) in [6.07, 6.45) is 8.90. The van der Waals surface area contributed by atoms with Crippen molar-refractivity contribution in [2.45, 2.75) is 20.3 Å². The zero-order valence-electron chi connectivity index (χ0n) is 12.7. The van der Waals surface area contributed by atoms with E-state index in [1.165, 1.54) is 0 Å². The van der Waals surface area contributed by atoms with Crippen LogP contribution in [0.3, 0.4) is 0 Å². The van der Waals surface area contributed by atoms with Crippen LogP contribution in [0.15, 0.2) is 60.5 Å². The second kappa shape index (κ2) is 7.66. The summed E-state index contributed by atoms with van der Waals surface area (Å²) >= 11 is 5.92. The minimum Gasteiger partial charge on any atom is -0.506 e. The third-order valence-electron chi connectivity index (χ3n) is 3.11. The van der Waals surface area contributed by atoms with Gasteiger partial charge in [-0.2, -0.15) is 0 Å². The van der Waals surface area contributed by atoms with Gasteiger partial charge in [0.2, 0.25) is 0 Å². The lowest BCUT2D eigenvalue weighted by Gasteiger charge is -2.05. The smallest absolute Gasteiger partial charge is 0.134 e. The highest BCUT2D eigenvalue weighted by molar-refractivity contribution is 6.32. The summed E-state index contributed by atoms with van der Waals surface area (Å²) in [5.41, 5.74) is 3.00. The number of anilines is 1. The van der Waals surface area contributed by atoms with Crippen LogP contribution in [0.25, 0.3) is 11.1 Å². The number of hydrogen-bond acceptors (Lipinski definition) is 3. The molecule has 0 atom stereocenters. The van der Waals surface area contributed by atoms with Crippen LogP contribution in [0, 0.1) is 0 Å². The fourth-order valence-corrected chi connectivity index (χ4v) is 2.06. The molecule has 2 rings (SSSR count). The number of nitrogens with one attached hydrogen (secondary N) is 1. The molecular formula is C18H19ClN2O. The molecule has 2 N–H and O–H groups in total. The van der Waals surface area contributed by atoms with Crippen LogP contribution in [0.4, 0.5) is 5.82 Å². The van der Waals surface area contributed by atoms with Crippen LogP contribution < -0.4 is 5.32 Å². The lowest BCUT2D eigenvalue weighted by Crippen LogP contribution is -1.92. The van der Waals surface area contributed by atoms with E-state index < -0.39 is 0 Å². The van der Waals surface area contributed by atoms with Crippen molar-refractivity contribution in [1.29, 1.82) is 0 Å². The molecule has 2 aromatic rings. The van der Waals surface area contributed by atoms with Crippen molar-refractivity contribution in [3.63, 3.8) is 0 Å². The minimum absolute atomic E-state index is 0.0809. The largest absolute Gasteiger partial charge is 0.506 e. The Bertz CT molecular complexity index is 691. The van der Waals surface area contributed by atoms with Crippen LogP contribution in [0.1, 0.15) is 20.3 Å². The summed E-state index contributed by atoms with van der Waals surface area (Å²) in [4.78, 5) is 4.37. The van der Waals surface area contributed by atoms with Gasteiger partial charge in [-0.15, -0.1) is 0 Å². The van der Waals surface area contributed by atoms with E-state index in [1.54, 1.807) is 18.3 Å². The molecule has 4 heteroatoms. The Hall–Kier alpha value is -2.26. The first-order valence-corrected chi connectivity index (χ1v) is 7.52. The number of allylic oxidation sites excluding steroid dienone is 3. The summed E-state index contributed by atoms with van der Waals surface area (Å²) in [5, 5.41) is 12.9. The number of hydrogen-bond donors (Lipinski definition) is 2. The van der Waals surface area contributed by atoms with Crippen molar-refractivity contribution < 1.29 is 5.11 Å². The summed E-state index contributed by atoms with van der Waals surface area (Å²) in [7, 11) is 0. The highest BCUT2D eigenvalue weighted by Crippen LogP contribution is 2.29. The van der Waals surface area contributed by atoms with Gasteiger partial charge in [-0.25, -0.2) is 4.98 Å². The Kier molecular flexibility index (Phi) is 5.61. The van der Waals surface area contributed by atoms with E-state index in [2.05, 4.69) is 29.4 Å². The maximum absolute atomic E-state index is 9.45. The number of pyridine rings is 1. The molecule has 0 bridgehead atoms. The van der Waals surface area contributed by atoms with E-state index in [4.69, 9.17) is 11.6 Å². The molecule has 0 spiro atoms. The van der Waals surface area contributed by atoms with Gasteiger partial charge < -0.3 is 10.4 Å². The van der Waals surface area contributed by atoms with E-state index >= 15 is 0 Å². The second-order valence-electron chi connectivity index (χ2n) is 4.94. The Morgan fingerprint density at radius 2 is 2.05 bits per heavy atom. The van der Waals surface area contributed by atoms with E-state index in [9.17, 15) is 5.11 Å². The monoisotopic (exact) mass is 314 g/mol. The molecule has 0 saturated carbocycles. The number of rotatable bonds is 5. The fourth-order valence-electron chi connectivity index (χ4n) is 1.88. The molecule has 0 aliphatic carbocycles. The number of nitrogens with zero attached hydrogens (tertiary/aromatic N) is 1. The standard InChI is InChI=1S/C18H19ClN2O/c1-3-4-5-13(2)11-20-18-9-7-15(12-21-18)14-6-8-17(22)16(19)10-14/h4-12,22H,3H2,1-2H3,(H,20,21)/b5-4+,13-11+. The van der Waals surface area contributed by atoms with Gasteiger partial charge in [-0.3, -0.25) is 0 Å². The molecule has 1 aromatic carbocycles. The Morgan fingerprint density at radius 3 is 2.68 bits per heavy atom. The van der Waals surface area contributed by atoms with Gasteiger partial charge in [-0.1, -0.05) is 36.7 Å². The molecule has 3 nitrogen and oxygen atoms in total. The maximum atomic E-state index is 9.45. The zero-order valence-corrected chi connectivity index (χ0v) is 13.4. The lowest BCUT2D eigenvalue weighted by atomic mass is 10.1. The van der Waals surface area contributed by atoms with Crippen LogP contribution >= 0.6 is 11.6 Å². The van der Waals surface area contributed by atoms with Crippen LogP contribution in [0.5, 0.6) is 5.75 Å². The molecule has 0 radical (unpaired) electrons. The molecule has 0 saturated heterocycles. The van der Waals surface area contributed by atoms with E-state index in [1.807, 2.05) is 31.3 Å². The van der Waals surface area contributed by atoms with Crippen LogP contribution in [-0.4, -0.2) is 10.1 Å². The first-order chi connectivity index (χ1) is 10.6. The highest BCUT2D eigenvalue weighted by atomic mass is 35.5. The molecule has 0 unspecified atom stereocenters. The number of aromatic hydroxyl groups is 1. The van der Waals surface area contributed by atoms with Crippen molar-refractivity contribution in [2.75, 3.05) is 5.32 Å². The number of aromatic nitrogens is 1. The fraction of sp³-hybridized carbons (Fsp3) is 0.167. The first-order valence-electron chi connectivity index (χ1n) is 7.15. The summed E-state index contributed by atoms with van der Waals surface area (Å²) < 4.78 is 0. The quantitative estimate of drug-likeness (QED) is 0.727. The van der Waals surface area contributed by atoms with Gasteiger partial charge in [0, 0.05) is 18.0 Å². The van der Waals surface area contributed by atoms with Crippen LogP contribution in [0.2, 0.25) is 5.02 Å². The molecule has 22 heavy (non-hydrogen) atoms. The van der Waals surface area contributed by atoms with Gasteiger partial charge in [0.25, 0.3) is 0 Å². The predicted molar refractivity (Wildman–Crippen MR) is 93.2 cm³/mol. The van der Waals surface area contributed by atoms with E-state index in [-0.39, 0.29) is 5.75 Å². The van der Waals surface area contributed by atoms with Gasteiger partial charge in [-0.05, 0) is 48.7 Å². The molecule has 0 aliphatic rings. The number of halogens is 1. The Morgan fingerprint density at radius 1 is 1.27 bits per heavy atom. The third-order valence-corrected chi connectivity index (χ3v) is 3.41. The molecule has 1 aromatic heterocycles. The topological polar surface area (TPSA) is 45.1 Å². The highest BCUT2D eigenvalue weighted by Gasteiger charge is 2.03. The average molecular weight is 315 g/mol. The first kappa shape index (κ1) is 16.1. The van der Waals surface area contributed by atoms with Crippen molar-refractivity contribution in [3.05, 3.63) is 65.5 Å². The van der Waals surface area contributed by atoms with Crippen molar-refractivity contribution in [3.8, 4) is 16.9 Å². The molecular weight excluding hydrogens is 296 g/mol. The average Bonchev–Trinajstić information content (AvgIpc) is 2.54. The predicted octanol–water partition coefficient (Wildman–Crippen LogP) is 5.39. The second-order valence-corrected chi connectivity index (χ2v) is 5.35. The number of phenols is 1. The van der Waals surface area contributed by atoms with Crippen molar-refractivity contribution >= 4 is 17.4 Å². The molecule has 0 fully saturated rings. The van der Waals surface area contributed by atoms with E-state index in [0.29, 0.717) is 5.02 Å². The van der Waals surface area contributed by atoms with Gasteiger partial charge in [0.05, 0.1) is 5.02 Å². The van der Waals surface area contributed by atoms with Crippen LogP contribution in [-0.2, 0) is 0 Å². The summed E-state index contributed by atoms with van der Waals surface area (Å²) in [6, 6.07) is 8.98. The summed E-state index contributed by atoms with van der Waals surface area (Å²) in [6.45, 7) is 4.14. The number of phenolic OH excluding ortho intramolecular Hbond substituents is 1. The van der Waals surface area contributed by atoms with Gasteiger partial charge in [0.15, 0.2) is 0 Å².